The van der Waals surface area contributed by atoms with Gasteiger partial charge in [0.25, 0.3) is 0 Å². The average Bonchev–Trinajstić information content (AvgIpc) is 3.04. The van der Waals surface area contributed by atoms with Gasteiger partial charge in [-0.25, -0.2) is 4.79 Å². The molecule has 0 aliphatic rings. The van der Waals surface area contributed by atoms with E-state index >= 15 is 0 Å². The fraction of sp³-hybridized carbons (Fsp3) is 0.133. The first-order chi connectivity index (χ1) is 9.70. The Labute approximate surface area is 128 Å². The zero-order chi connectivity index (χ0) is 14.1. The predicted molar refractivity (Wildman–Crippen MR) is 84.8 cm³/mol. The predicted octanol–water partition coefficient (Wildman–Crippen LogP) is 4.63. The zero-order valence-electron chi connectivity index (χ0n) is 10.8. The highest BCUT2D eigenvalue weighted by molar-refractivity contribution is 9.10. The lowest BCUT2D eigenvalue weighted by molar-refractivity contribution is 0.0532. The van der Waals surface area contributed by atoms with Crippen LogP contribution in [-0.4, -0.2) is 17.1 Å². The lowest BCUT2D eigenvalue weighted by Gasteiger charge is -2.05. The fourth-order valence-corrected chi connectivity index (χ4v) is 3.78. The number of hydrogen-bond acceptors (Lipinski definition) is 3. The molecule has 0 N–H and O–H groups in total. The maximum atomic E-state index is 12.2. The Morgan fingerprint density at radius 1 is 1.35 bits per heavy atom. The molecule has 5 heteroatoms. The summed E-state index contributed by atoms with van der Waals surface area (Å²) in [7, 11) is 0. The highest BCUT2D eigenvalue weighted by Gasteiger charge is 2.20. The molecular formula is C15H12BrNO2S. The number of esters is 1. The molecule has 0 aliphatic heterocycles. The largest absolute Gasteiger partial charge is 0.462 e. The van der Waals surface area contributed by atoms with Gasteiger partial charge in [0, 0.05) is 27.0 Å². The number of carbonyl (C=O) groups is 1. The molecule has 20 heavy (non-hydrogen) atoms. The summed E-state index contributed by atoms with van der Waals surface area (Å²) in [6, 6.07) is 9.91. The van der Waals surface area contributed by atoms with Gasteiger partial charge in [-0.05, 0) is 31.2 Å². The summed E-state index contributed by atoms with van der Waals surface area (Å²) >= 11 is 4.93. The molecule has 0 unspecified atom stereocenters. The molecular weight excluding hydrogens is 338 g/mol. The minimum Gasteiger partial charge on any atom is -0.462 e. The minimum absolute atomic E-state index is 0.270. The summed E-state index contributed by atoms with van der Waals surface area (Å²) < 4.78 is 9.19. The van der Waals surface area contributed by atoms with Gasteiger partial charge in [0.1, 0.15) is 4.88 Å². The fourth-order valence-electron chi connectivity index (χ4n) is 2.13. The Morgan fingerprint density at radius 3 is 2.80 bits per heavy atom. The van der Waals surface area contributed by atoms with Crippen LogP contribution in [0.2, 0.25) is 0 Å². The first-order valence-corrected chi connectivity index (χ1v) is 7.84. The molecule has 0 fully saturated rings. The summed E-state index contributed by atoms with van der Waals surface area (Å²) in [5.74, 6) is -0.270. The molecule has 0 amide bonds. The van der Waals surface area contributed by atoms with Crippen LogP contribution >= 0.6 is 27.3 Å². The van der Waals surface area contributed by atoms with Crippen molar-refractivity contribution in [2.45, 2.75) is 6.92 Å². The second-order valence-corrected chi connectivity index (χ2v) is 6.20. The van der Waals surface area contributed by atoms with Gasteiger partial charge in [-0.15, -0.1) is 11.3 Å². The van der Waals surface area contributed by atoms with Crippen LogP contribution in [0.1, 0.15) is 16.6 Å². The van der Waals surface area contributed by atoms with Crippen LogP contribution < -0.4 is 0 Å². The molecule has 1 aromatic carbocycles. The van der Waals surface area contributed by atoms with E-state index in [1.165, 1.54) is 11.3 Å². The van der Waals surface area contributed by atoms with E-state index in [-0.39, 0.29) is 5.97 Å². The number of aromatic nitrogens is 1. The number of fused-ring (bicyclic) bond motifs is 1. The van der Waals surface area contributed by atoms with Gasteiger partial charge in [-0.1, -0.05) is 22.0 Å². The van der Waals surface area contributed by atoms with E-state index in [1.54, 1.807) is 0 Å². The van der Waals surface area contributed by atoms with Crippen molar-refractivity contribution in [1.82, 2.24) is 4.57 Å². The minimum atomic E-state index is -0.270. The molecule has 0 radical (unpaired) electrons. The van der Waals surface area contributed by atoms with E-state index in [2.05, 4.69) is 15.9 Å². The van der Waals surface area contributed by atoms with Crippen molar-refractivity contribution in [3.8, 4) is 5.69 Å². The third-order valence-corrected chi connectivity index (χ3v) is 4.56. The van der Waals surface area contributed by atoms with Crippen LogP contribution in [-0.2, 0) is 4.74 Å². The number of rotatable bonds is 3. The van der Waals surface area contributed by atoms with Crippen LogP contribution in [0.25, 0.3) is 15.8 Å². The van der Waals surface area contributed by atoms with Crippen LogP contribution in [0.4, 0.5) is 0 Å². The summed E-state index contributed by atoms with van der Waals surface area (Å²) in [6.45, 7) is 2.19. The monoisotopic (exact) mass is 349 g/mol. The highest BCUT2D eigenvalue weighted by Crippen LogP contribution is 2.36. The number of ether oxygens (including phenoxy) is 1. The number of carbonyl (C=O) groups excluding carboxylic acids is 1. The van der Waals surface area contributed by atoms with Crippen LogP contribution in [0.5, 0.6) is 0 Å². The molecule has 102 valence electrons. The number of benzene rings is 1. The molecule has 3 nitrogen and oxygen atoms in total. The van der Waals surface area contributed by atoms with Gasteiger partial charge in [0.2, 0.25) is 0 Å². The molecule has 0 bridgehead atoms. The van der Waals surface area contributed by atoms with Crippen molar-refractivity contribution in [3.63, 3.8) is 0 Å². The second kappa shape index (κ2) is 5.42. The number of thiophene rings is 1. The Kier molecular flexibility index (Phi) is 3.63. The lowest BCUT2D eigenvalue weighted by Crippen LogP contribution is -2.06. The topological polar surface area (TPSA) is 31.2 Å². The Balaban J connectivity index is 2.27. The quantitative estimate of drug-likeness (QED) is 0.645. The lowest BCUT2D eigenvalue weighted by atomic mass is 10.2. The third kappa shape index (κ3) is 2.27. The normalized spacial score (nSPS) is 10.9. The average molecular weight is 350 g/mol. The van der Waals surface area contributed by atoms with Crippen molar-refractivity contribution in [1.29, 1.82) is 0 Å². The zero-order valence-corrected chi connectivity index (χ0v) is 13.2. The number of halogens is 1. The van der Waals surface area contributed by atoms with Gasteiger partial charge in [0.05, 0.1) is 12.3 Å². The first kappa shape index (κ1) is 13.4. The van der Waals surface area contributed by atoms with Crippen molar-refractivity contribution in [2.75, 3.05) is 6.61 Å². The van der Waals surface area contributed by atoms with E-state index in [4.69, 9.17) is 4.74 Å². The molecule has 3 rings (SSSR count). The van der Waals surface area contributed by atoms with Gasteiger partial charge < -0.3 is 9.30 Å². The van der Waals surface area contributed by atoms with Gasteiger partial charge >= 0.3 is 5.97 Å². The van der Waals surface area contributed by atoms with Gasteiger partial charge in [-0.2, -0.15) is 0 Å². The van der Waals surface area contributed by atoms with Crippen molar-refractivity contribution < 1.29 is 9.53 Å². The molecule has 0 saturated carbocycles. The van der Waals surface area contributed by atoms with Crippen molar-refractivity contribution in [3.05, 3.63) is 52.1 Å². The summed E-state index contributed by atoms with van der Waals surface area (Å²) in [6.07, 6.45) is 3.87. The maximum Gasteiger partial charge on any atom is 0.350 e. The van der Waals surface area contributed by atoms with E-state index in [1.807, 2.05) is 54.2 Å². The molecule has 2 heterocycles. The number of nitrogens with zero attached hydrogens (tertiary/aromatic N) is 1. The smallest absolute Gasteiger partial charge is 0.350 e. The third-order valence-electron chi connectivity index (χ3n) is 2.95. The Morgan fingerprint density at radius 2 is 2.10 bits per heavy atom. The van der Waals surface area contributed by atoms with Crippen LogP contribution in [0.3, 0.4) is 0 Å². The highest BCUT2D eigenvalue weighted by atomic mass is 79.9. The number of hydrogen-bond donors (Lipinski definition) is 0. The first-order valence-electron chi connectivity index (χ1n) is 6.23. The summed E-state index contributed by atoms with van der Waals surface area (Å²) in [5, 5.41) is 1.05. The SMILES string of the molecule is CCOC(=O)c1sc2cc(Br)ccc2c1-n1cccc1. The van der Waals surface area contributed by atoms with Crippen LogP contribution in [0, 0.1) is 0 Å². The molecule has 0 spiro atoms. The second-order valence-electron chi connectivity index (χ2n) is 4.23. The van der Waals surface area contributed by atoms with Crippen molar-refractivity contribution >= 4 is 43.3 Å². The van der Waals surface area contributed by atoms with E-state index in [0.29, 0.717) is 11.5 Å². The van der Waals surface area contributed by atoms with E-state index in [9.17, 15) is 4.79 Å². The molecule has 0 saturated heterocycles. The molecule has 2 aromatic heterocycles. The maximum absolute atomic E-state index is 12.2. The molecule has 3 aromatic rings. The summed E-state index contributed by atoms with van der Waals surface area (Å²) in [4.78, 5) is 12.8. The molecule has 0 atom stereocenters. The standard InChI is InChI=1S/C15H12BrNO2S/c1-2-19-15(18)14-13(17-7-3-4-8-17)11-6-5-10(16)9-12(11)20-14/h3-9H,2H2,1H3. The Bertz CT molecular complexity index is 762. The van der Waals surface area contributed by atoms with Crippen LogP contribution in [0.15, 0.2) is 47.2 Å². The van der Waals surface area contributed by atoms with Crippen molar-refractivity contribution in [2.24, 2.45) is 0 Å². The van der Waals surface area contributed by atoms with E-state index in [0.717, 1.165) is 20.2 Å². The summed E-state index contributed by atoms with van der Waals surface area (Å²) in [5.41, 5.74) is 0.890. The van der Waals surface area contributed by atoms with Gasteiger partial charge in [0.15, 0.2) is 0 Å². The van der Waals surface area contributed by atoms with E-state index < -0.39 is 0 Å². The Hall–Kier alpha value is -1.59. The molecule has 0 aliphatic carbocycles. The van der Waals surface area contributed by atoms with Gasteiger partial charge in [-0.3, -0.25) is 0 Å².